The minimum absolute atomic E-state index is 0.0396. The van der Waals surface area contributed by atoms with Crippen molar-refractivity contribution in [1.82, 2.24) is 4.98 Å². The van der Waals surface area contributed by atoms with Crippen LogP contribution in [0.25, 0.3) is 0 Å². The molecule has 1 rings (SSSR count). The first-order chi connectivity index (χ1) is 6.15. The fourth-order valence-corrected chi connectivity index (χ4v) is 1.66. The molecule has 1 aromatic rings. The van der Waals surface area contributed by atoms with Crippen LogP contribution >= 0.6 is 23.2 Å². The molecule has 0 saturated carbocycles. The lowest BCUT2D eigenvalue weighted by atomic mass is 10.1. The number of nitrogens with zero attached hydrogens (tertiary/aromatic N) is 1. The number of aromatic nitrogens is 1. The first-order valence-electron chi connectivity index (χ1n) is 4.21. The molecule has 0 unspecified atom stereocenters. The number of rotatable bonds is 3. The molecular weight excluding hydrogens is 207 g/mol. The van der Waals surface area contributed by atoms with Gasteiger partial charge in [0.15, 0.2) is 0 Å². The molecule has 72 valence electrons. The Labute approximate surface area is 88.1 Å². The maximum atomic E-state index is 5.96. The third-order valence-corrected chi connectivity index (χ3v) is 2.38. The van der Waals surface area contributed by atoms with E-state index in [2.05, 4.69) is 11.9 Å². The maximum absolute atomic E-state index is 5.96. The Kier molecular flexibility index (Phi) is 3.97. The Hall–Kier alpha value is -0.310. The SMILES string of the molecule is CCC[C@@H](N)c1cnc(Cl)cc1Cl. The molecule has 0 aromatic carbocycles. The highest BCUT2D eigenvalue weighted by Crippen LogP contribution is 2.25. The second kappa shape index (κ2) is 4.80. The molecule has 0 spiro atoms. The van der Waals surface area contributed by atoms with Crippen LogP contribution < -0.4 is 5.73 Å². The van der Waals surface area contributed by atoms with Crippen molar-refractivity contribution in [3.8, 4) is 0 Å². The zero-order valence-corrected chi connectivity index (χ0v) is 8.94. The minimum atomic E-state index is -0.0396. The third kappa shape index (κ3) is 2.83. The van der Waals surface area contributed by atoms with E-state index in [4.69, 9.17) is 28.9 Å². The van der Waals surface area contributed by atoms with E-state index in [0.29, 0.717) is 10.2 Å². The van der Waals surface area contributed by atoms with Gasteiger partial charge in [-0.15, -0.1) is 0 Å². The second-order valence-corrected chi connectivity index (χ2v) is 3.72. The van der Waals surface area contributed by atoms with Gasteiger partial charge in [-0.3, -0.25) is 0 Å². The molecule has 0 fully saturated rings. The number of hydrogen-bond donors (Lipinski definition) is 1. The van der Waals surface area contributed by atoms with Crippen molar-refractivity contribution in [2.75, 3.05) is 0 Å². The molecule has 0 aliphatic carbocycles. The molecule has 0 amide bonds. The Bertz CT molecular complexity index is 289. The van der Waals surface area contributed by atoms with E-state index in [1.165, 1.54) is 0 Å². The lowest BCUT2D eigenvalue weighted by Gasteiger charge is -2.11. The maximum Gasteiger partial charge on any atom is 0.130 e. The van der Waals surface area contributed by atoms with Crippen LogP contribution in [-0.4, -0.2) is 4.98 Å². The van der Waals surface area contributed by atoms with Crippen molar-refractivity contribution in [2.45, 2.75) is 25.8 Å². The summed E-state index contributed by atoms with van der Waals surface area (Å²) in [5, 5.41) is 0.999. The third-order valence-electron chi connectivity index (χ3n) is 1.85. The number of nitrogens with two attached hydrogens (primary N) is 1. The summed E-state index contributed by atoms with van der Waals surface area (Å²) in [6.45, 7) is 2.08. The number of hydrogen-bond acceptors (Lipinski definition) is 2. The predicted octanol–water partition coefficient (Wildman–Crippen LogP) is 3.19. The van der Waals surface area contributed by atoms with Gasteiger partial charge in [0.2, 0.25) is 0 Å². The van der Waals surface area contributed by atoms with Crippen molar-refractivity contribution in [3.63, 3.8) is 0 Å². The Balaban J connectivity index is 2.88. The molecule has 0 bridgehead atoms. The fraction of sp³-hybridized carbons (Fsp3) is 0.444. The summed E-state index contributed by atoms with van der Waals surface area (Å²) in [7, 11) is 0. The Morgan fingerprint density at radius 3 is 2.77 bits per heavy atom. The molecule has 0 aliphatic heterocycles. The van der Waals surface area contributed by atoms with Crippen LogP contribution in [0.1, 0.15) is 31.4 Å². The highest BCUT2D eigenvalue weighted by molar-refractivity contribution is 6.34. The van der Waals surface area contributed by atoms with E-state index in [1.807, 2.05) is 0 Å². The largest absolute Gasteiger partial charge is 0.324 e. The molecule has 0 saturated heterocycles. The van der Waals surface area contributed by atoms with Crippen molar-refractivity contribution in [3.05, 3.63) is 28.0 Å². The van der Waals surface area contributed by atoms with Crippen LogP contribution in [0.4, 0.5) is 0 Å². The van der Waals surface area contributed by atoms with Crippen molar-refractivity contribution in [1.29, 1.82) is 0 Å². The number of halogens is 2. The van der Waals surface area contributed by atoms with Gasteiger partial charge in [-0.2, -0.15) is 0 Å². The van der Waals surface area contributed by atoms with Gasteiger partial charge in [0, 0.05) is 22.8 Å². The molecule has 1 aromatic heterocycles. The fourth-order valence-electron chi connectivity index (χ4n) is 1.16. The van der Waals surface area contributed by atoms with Crippen LogP contribution in [0.2, 0.25) is 10.2 Å². The quantitative estimate of drug-likeness (QED) is 0.793. The Morgan fingerprint density at radius 2 is 2.23 bits per heavy atom. The highest BCUT2D eigenvalue weighted by Gasteiger charge is 2.09. The van der Waals surface area contributed by atoms with Crippen molar-refractivity contribution in [2.24, 2.45) is 5.73 Å². The summed E-state index contributed by atoms with van der Waals surface area (Å²) in [4.78, 5) is 3.94. The van der Waals surface area contributed by atoms with Crippen LogP contribution in [0, 0.1) is 0 Å². The molecular formula is C9H12Cl2N2. The summed E-state index contributed by atoms with van der Waals surface area (Å²) in [6, 6.07) is 1.58. The van der Waals surface area contributed by atoms with Gasteiger partial charge in [0.05, 0.1) is 0 Å². The monoisotopic (exact) mass is 218 g/mol. The first-order valence-corrected chi connectivity index (χ1v) is 4.97. The predicted molar refractivity (Wildman–Crippen MR) is 56.1 cm³/mol. The second-order valence-electron chi connectivity index (χ2n) is 2.92. The molecule has 13 heavy (non-hydrogen) atoms. The molecule has 2 nitrogen and oxygen atoms in total. The van der Waals surface area contributed by atoms with Gasteiger partial charge in [0.25, 0.3) is 0 Å². The molecule has 4 heteroatoms. The molecule has 0 aliphatic rings. The van der Waals surface area contributed by atoms with Crippen LogP contribution in [0.15, 0.2) is 12.3 Å². The summed E-state index contributed by atoms with van der Waals surface area (Å²) >= 11 is 11.6. The van der Waals surface area contributed by atoms with E-state index in [0.717, 1.165) is 18.4 Å². The lowest BCUT2D eigenvalue weighted by Crippen LogP contribution is -2.10. The minimum Gasteiger partial charge on any atom is -0.324 e. The van der Waals surface area contributed by atoms with Crippen LogP contribution in [0.3, 0.4) is 0 Å². The summed E-state index contributed by atoms with van der Waals surface area (Å²) in [5.74, 6) is 0. The number of pyridine rings is 1. The smallest absolute Gasteiger partial charge is 0.130 e. The van der Waals surface area contributed by atoms with Gasteiger partial charge >= 0.3 is 0 Å². The molecule has 1 atom stereocenters. The van der Waals surface area contributed by atoms with Gasteiger partial charge in [-0.1, -0.05) is 36.5 Å². The normalized spacial score (nSPS) is 12.9. The van der Waals surface area contributed by atoms with Gasteiger partial charge in [0.1, 0.15) is 5.15 Å². The molecule has 2 N–H and O–H groups in total. The van der Waals surface area contributed by atoms with Gasteiger partial charge in [-0.25, -0.2) is 4.98 Å². The van der Waals surface area contributed by atoms with Crippen LogP contribution in [-0.2, 0) is 0 Å². The van der Waals surface area contributed by atoms with Gasteiger partial charge in [-0.05, 0) is 12.5 Å². The highest BCUT2D eigenvalue weighted by atomic mass is 35.5. The Morgan fingerprint density at radius 1 is 1.54 bits per heavy atom. The topological polar surface area (TPSA) is 38.9 Å². The lowest BCUT2D eigenvalue weighted by molar-refractivity contribution is 0.636. The average molecular weight is 219 g/mol. The molecule has 0 radical (unpaired) electrons. The van der Waals surface area contributed by atoms with E-state index in [9.17, 15) is 0 Å². The standard InChI is InChI=1S/C9H12Cl2N2/c1-2-3-8(12)6-5-13-9(11)4-7(6)10/h4-5,8H,2-3,12H2,1H3/t8-/m1/s1. The van der Waals surface area contributed by atoms with Crippen molar-refractivity contribution >= 4 is 23.2 Å². The first kappa shape index (κ1) is 10.8. The van der Waals surface area contributed by atoms with E-state index in [1.54, 1.807) is 12.3 Å². The van der Waals surface area contributed by atoms with E-state index >= 15 is 0 Å². The summed E-state index contributed by atoms with van der Waals surface area (Å²) in [5.41, 5.74) is 6.76. The summed E-state index contributed by atoms with van der Waals surface area (Å²) in [6.07, 6.45) is 3.58. The van der Waals surface area contributed by atoms with E-state index < -0.39 is 0 Å². The van der Waals surface area contributed by atoms with E-state index in [-0.39, 0.29) is 6.04 Å². The molecule has 1 heterocycles. The van der Waals surface area contributed by atoms with Crippen LogP contribution in [0.5, 0.6) is 0 Å². The average Bonchev–Trinajstić information content (AvgIpc) is 2.04. The zero-order chi connectivity index (χ0) is 9.84. The summed E-state index contributed by atoms with van der Waals surface area (Å²) < 4.78 is 0. The van der Waals surface area contributed by atoms with Crippen molar-refractivity contribution < 1.29 is 0 Å². The van der Waals surface area contributed by atoms with Gasteiger partial charge < -0.3 is 5.73 Å². The zero-order valence-electron chi connectivity index (χ0n) is 7.43.